The quantitative estimate of drug-likeness (QED) is 0.206. The van der Waals surface area contributed by atoms with Gasteiger partial charge in [-0.15, -0.1) is 0 Å². The lowest BCUT2D eigenvalue weighted by molar-refractivity contribution is 0.374. The fourth-order valence-electron chi connectivity index (χ4n) is 3.84. The van der Waals surface area contributed by atoms with Gasteiger partial charge in [0.1, 0.15) is 0 Å². The van der Waals surface area contributed by atoms with Gasteiger partial charge in [0, 0.05) is 0 Å². The van der Waals surface area contributed by atoms with Crippen LogP contribution in [0.5, 0.6) is 0 Å². The molecule has 0 aliphatic heterocycles. The molecule has 24 heavy (non-hydrogen) atoms. The Kier molecular flexibility index (Phi) is 19.3. The van der Waals surface area contributed by atoms with Crippen molar-refractivity contribution >= 4 is 0 Å². The molecule has 0 nitrogen and oxygen atoms in total. The zero-order valence-corrected chi connectivity index (χ0v) is 17.9. The molecule has 0 saturated carbocycles. The standard InChI is InChI=1S/C24H50/c1-5-7-8-9-10-11-12-13-14-15-16-17-18-19-20-21-24(4)22-23(3)6-2/h23-24H,5-22H2,1-4H3. The minimum Gasteiger partial charge on any atom is -0.0654 e. The van der Waals surface area contributed by atoms with E-state index in [1.807, 2.05) is 0 Å². The Morgan fingerprint density at radius 3 is 1.21 bits per heavy atom. The zero-order valence-electron chi connectivity index (χ0n) is 17.9. The van der Waals surface area contributed by atoms with Crippen LogP contribution in [-0.2, 0) is 0 Å². The molecular weight excluding hydrogens is 288 g/mol. The normalized spacial score (nSPS) is 14.0. The largest absolute Gasteiger partial charge is 0.0654 e. The maximum Gasteiger partial charge on any atom is -0.0440 e. The molecule has 0 aromatic carbocycles. The van der Waals surface area contributed by atoms with E-state index in [0.29, 0.717) is 0 Å². The van der Waals surface area contributed by atoms with Crippen molar-refractivity contribution in [1.29, 1.82) is 0 Å². The van der Waals surface area contributed by atoms with E-state index in [9.17, 15) is 0 Å². The molecule has 0 heteroatoms. The van der Waals surface area contributed by atoms with Crippen molar-refractivity contribution < 1.29 is 0 Å². The minimum atomic E-state index is 0.927. The van der Waals surface area contributed by atoms with Crippen LogP contribution in [0.2, 0.25) is 0 Å². The number of unbranched alkanes of at least 4 members (excludes halogenated alkanes) is 14. The van der Waals surface area contributed by atoms with E-state index in [1.54, 1.807) is 0 Å². The molecule has 2 atom stereocenters. The zero-order chi connectivity index (χ0) is 17.9. The molecule has 0 spiro atoms. The van der Waals surface area contributed by atoms with Crippen LogP contribution >= 0.6 is 0 Å². The molecule has 0 rings (SSSR count). The first-order valence-corrected chi connectivity index (χ1v) is 11.7. The maximum absolute atomic E-state index is 2.45. The van der Waals surface area contributed by atoms with Crippen LogP contribution in [0.15, 0.2) is 0 Å². The van der Waals surface area contributed by atoms with Gasteiger partial charge >= 0.3 is 0 Å². The average Bonchev–Trinajstić information content (AvgIpc) is 2.58. The molecule has 0 fully saturated rings. The van der Waals surface area contributed by atoms with Crippen LogP contribution in [0, 0.1) is 11.8 Å². The predicted octanol–water partition coefficient (Wildman–Crippen LogP) is 9.32. The summed E-state index contributed by atoms with van der Waals surface area (Å²) in [5.41, 5.74) is 0. The molecule has 0 aromatic heterocycles. The molecule has 0 N–H and O–H groups in total. The smallest absolute Gasteiger partial charge is 0.0440 e. The summed E-state index contributed by atoms with van der Waals surface area (Å²) >= 11 is 0. The molecule has 146 valence electrons. The van der Waals surface area contributed by atoms with Crippen molar-refractivity contribution in [1.82, 2.24) is 0 Å². The fraction of sp³-hybridized carbons (Fsp3) is 1.00. The van der Waals surface area contributed by atoms with E-state index in [2.05, 4.69) is 27.7 Å². The second-order valence-corrected chi connectivity index (χ2v) is 8.59. The summed E-state index contributed by atoms with van der Waals surface area (Å²) in [6, 6.07) is 0. The highest BCUT2D eigenvalue weighted by molar-refractivity contribution is 4.59. The second-order valence-electron chi connectivity index (χ2n) is 8.59. The summed E-state index contributed by atoms with van der Waals surface area (Å²) in [7, 11) is 0. The molecule has 0 amide bonds. The summed E-state index contributed by atoms with van der Waals surface area (Å²) in [5.74, 6) is 1.87. The molecule has 2 unspecified atom stereocenters. The molecule has 0 bridgehead atoms. The van der Waals surface area contributed by atoms with E-state index in [0.717, 1.165) is 11.8 Å². The van der Waals surface area contributed by atoms with Gasteiger partial charge in [-0.3, -0.25) is 0 Å². The van der Waals surface area contributed by atoms with Gasteiger partial charge in [-0.1, -0.05) is 137 Å². The summed E-state index contributed by atoms with van der Waals surface area (Å²) in [6.45, 7) is 9.48. The lowest BCUT2D eigenvalue weighted by Gasteiger charge is -2.15. The molecule has 0 aliphatic rings. The number of rotatable bonds is 19. The van der Waals surface area contributed by atoms with Gasteiger partial charge in [0.05, 0.1) is 0 Å². The van der Waals surface area contributed by atoms with Crippen molar-refractivity contribution in [3.05, 3.63) is 0 Å². The van der Waals surface area contributed by atoms with Gasteiger partial charge in [-0.2, -0.15) is 0 Å². The monoisotopic (exact) mass is 338 g/mol. The van der Waals surface area contributed by atoms with Crippen LogP contribution < -0.4 is 0 Å². The Labute approximate surface area is 155 Å². The van der Waals surface area contributed by atoms with Crippen molar-refractivity contribution in [3.8, 4) is 0 Å². The Morgan fingerprint density at radius 1 is 0.458 bits per heavy atom. The molecule has 0 radical (unpaired) electrons. The first-order chi connectivity index (χ1) is 11.7. The molecular formula is C24H50. The fourth-order valence-corrected chi connectivity index (χ4v) is 3.84. The SMILES string of the molecule is CCCCCCCCCCCCCCCCCC(C)CC(C)CC. The predicted molar refractivity (Wildman–Crippen MR) is 113 cm³/mol. The third kappa shape index (κ3) is 18.3. The Balaban J connectivity index is 3.10. The van der Waals surface area contributed by atoms with E-state index in [-0.39, 0.29) is 0 Å². The summed E-state index contributed by atoms with van der Waals surface area (Å²) in [6.07, 6.45) is 26.3. The van der Waals surface area contributed by atoms with Gasteiger partial charge in [0.15, 0.2) is 0 Å². The van der Waals surface area contributed by atoms with Crippen LogP contribution in [-0.4, -0.2) is 0 Å². The lowest BCUT2D eigenvalue weighted by atomic mass is 9.91. The van der Waals surface area contributed by atoms with Crippen molar-refractivity contribution in [2.75, 3.05) is 0 Å². The van der Waals surface area contributed by atoms with Gasteiger partial charge in [0.25, 0.3) is 0 Å². The topological polar surface area (TPSA) is 0 Å². The van der Waals surface area contributed by atoms with E-state index >= 15 is 0 Å². The average molecular weight is 339 g/mol. The third-order valence-corrected chi connectivity index (χ3v) is 5.80. The Morgan fingerprint density at radius 2 is 0.833 bits per heavy atom. The van der Waals surface area contributed by atoms with Gasteiger partial charge in [-0.05, 0) is 18.3 Å². The highest BCUT2D eigenvalue weighted by Crippen LogP contribution is 2.20. The Bertz CT molecular complexity index is 220. The highest BCUT2D eigenvalue weighted by atomic mass is 14.1. The molecule has 0 saturated heterocycles. The lowest BCUT2D eigenvalue weighted by Crippen LogP contribution is -2.02. The van der Waals surface area contributed by atoms with Crippen molar-refractivity contribution in [2.24, 2.45) is 11.8 Å². The van der Waals surface area contributed by atoms with Gasteiger partial charge in [-0.25, -0.2) is 0 Å². The van der Waals surface area contributed by atoms with Gasteiger partial charge < -0.3 is 0 Å². The third-order valence-electron chi connectivity index (χ3n) is 5.80. The number of hydrogen-bond donors (Lipinski definition) is 0. The first kappa shape index (κ1) is 24.0. The number of hydrogen-bond acceptors (Lipinski definition) is 0. The van der Waals surface area contributed by atoms with E-state index in [4.69, 9.17) is 0 Å². The minimum absolute atomic E-state index is 0.927. The van der Waals surface area contributed by atoms with Crippen molar-refractivity contribution in [2.45, 2.75) is 143 Å². The van der Waals surface area contributed by atoms with Crippen LogP contribution in [0.25, 0.3) is 0 Å². The second kappa shape index (κ2) is 19.3. The van der Waals surface area contributed by atoms with Gasteiger partial charge in [0.2, 0.25) is 0 Å². The summed E-state index contributed by atoms with van der Waals surface area (Å²) in [4.78, 5) is 0. The van der Waals surface area contributed by atoms with Crippen LogP contribution in [0.1, 0.15) is 143 Å². The van der Waals surface area contributed by atoms with Crippen molar-refractivity contribution in [3.63, 3.8) is 0 Å². The first-order valence-electron chi connectivity index (χ1n) is 11.7. The van der Waals surface area contributed by atoms with Crippen LogP contribution in [0.4, 0.5) is 0 Å². The molecule has 0 aromatic rings. The van der Waals surface area contributed by atoms with E-state index in [1.165, 1.54) is 116 Å². The highest BCUT2D eigenvalue weighted by Gasteiger charge is 2.06. The maximum atomic E-state index is 2.45. The molecule has 0 heterocycles. The van der Waals surface area contributed by atoms with Crippen LogP contribution in [0.3, 0.4) is 0 Å². The Hall–Kier alpha value is 0. The van der Waals surface area contributed by atoms with E-state index < -0.39 is 0 Å². The summed E-state index contributed by atoms with van der Waals surface area (Å²) < 4.78 is 0. The molecule has 0 aliphatic carbocycles. The summed E-state index contributed by atoms with van der Waals surface area (Å²) in [5, 5.41) is 0.